The molecule has 0 spiro atoms. The fourth-order valence-corrected chi connectivity index (χ4v) is 6.74. The summed E-state index contributed by atoms with van der Waals surface area (Å²) < 4.78 is 0. The molecule has 1 aromatic rings. The Labute approximate surface area is 149 Å². The zero-order valence-corrected chi connectivity index (χ0v) is 16.2. The molecule has 3 aliphatic rings. The molecule has 6 atom stereocenters. The molecule has 0 radical (unpaired) electrons. The summed E-state index contributed by atoms with van der Waals surface area (Å²) in [6.45, 7) is 9.57. The summed E-state index contributed by atoms with van der Waals surface area (Å²) in [6.07, 6.45) is 10.4. The van der Waals surface area contributed by atoms with Crippen molar-refractivity contribution in [1.29, 1.82) is 0 Å². The Morgan fingerprint density at radius 3 is 2.04 bits per heavy atom. The Kier molecular flexibility index (Phi) is 4.30. The second-order valence-corrected chi connectivity index (χ2v) is 10.1. The number of hydrogen-bond acceptors (Lipinski definition) is 0. The average molecular weight is 325 g/mol. The van der Waals surface area contributed by atoms with E-state index in [1.807, 2.05) is 0 Å². The highest BCUT2D eigenvalue weighted by atomic mass is 14.6. The van der Waals surface area contributed by atoms with Crippen molar-refractivity contribution in [3.8, 4) is 0 Å². The van der Waals surface area contributed by atoms with Crippen LogP contribution in [0.4, 0.5) is 0 Å². The minimum absolute atomic E-state index is 0.268. The zero-order chi connectivity index (χ0) is 16.9. The van der Waals surface area contributed by atoms with Crippen LogP contribution < -0.4 is 0 Å². The lowest BCUT2D eigenvalue weighted by Crippen LogP contribution is -2.29. The summed E-state index contributed by atoms with van der Waals surface area (Å²) in [4.78, 5) is 0. The lowest BCUT2D eigenvalue weighted by Gasteiger charge is -2.39. The molecule has 132 valence electrons. The molecule has 0 nitrogen and oxygen atoms in total. The van der Waals surface area contributed by atoms with Crippen molar-refractivity contribution in [3.05, 3.63) is 35.4 Å². The van der Waals surface area contributed by atoms with Crippen molar-refractivity contribution in [3.63, 3.8) is 0 Å². The van der Waals surface area contributed by atoms with Crippen LogP contribution in [0.25, 0.3) is 0 Å². The second-order valence-electron chi connectivity index (χ2n) is 10.1. The van der Waals surface area contributed by atoms with Crippen molar-refractivity contribution in [2.45, 2.75) is 84.0 Å². The summed E-state index contributed by atoms with van der Waals surface area (Å²) in [7, 11) is 0. The maximum Gasteiger partial charge on any atom is -0.0128 e. The van der Waals surface area contributed by atoms with E-state index in [1.54, 1.807) is 5.56 Å². The van der Waals surface area contributed by atoms with Gasteiger partial charge in [-0.2, -0.15) is 0 Å². The van der Waals surface area contributed by atoms with Crippen LogP contribution in [0.15, 0.2) is 24.3 Å². The summed E-state index contributed by atoms with van der Waals surface area (Å²) in [5, 5.41) is 0. The van der Waals surface area contributed by atoms with E-state index in [1.165, 1.54) is 50.5 Å². The van der Waals surface area contributed by atoms with Gasteiger partial charge < -0.3 is 0 Å². The predicted molar refractivity (Wildman–Crippen MR) is 103 cm³/mol. The van der Waals surface area contributed by atoms with Crippen LogP contribution in [0, 0.1) is 29.6 Å². The first-order valence-corrected chi connectivity index (χ1v) is 10.6. The van der Waals surface area contributed by atoms with Crippen molar-refractivity contribution in [2.24, 2.45) is 29.6 Å². The van der Waals surface area contributed by atoms with E-state index < -0.39 is 0 Å². The van der Waals surface area contributed by atoms with E-state index in [9.17, 15) is 0 Å². The fourth-order valence-electron chi connectivity index (χ4n) is 6.74. The first-order valence-electron chi connectivity index (χ1n) is 10.6. The van der Waals surface area contributed by atoms with Crippen molar-refractivity contribution in [2.75, 3.05) is 0 Å². The molecule has 0 amide bonds. The zero-order valence-electron chi connectivity index (χ0n) is 16.2. The van der Waals surface area contributed by atoms with Gasteiger partial charge in [0.25, 0.3) is 0 Å². The molecule has 1 aromatic carbocycles. The Balaban J connectivity index is 1.63. The smallest absolute Gasteiger partial charge is 0.0128 e. The third-order valence-electron chi connectivity index (χ3n) is 7.94. The van der Waals surface area contributed by atoms with E-state index in [4.69, 9.17) is 0 Å². The maximum absolute atomic E-state index is 2.60. The van der Waals surface area contributed by atoms with E-state index in [-0.39, 0.29) is 5.41 Å². The van der Waals surface area contributed by atoms with E-state index in [2.05, 4.69) is 52.0 Å². The van der Waals surface area contributed by atoms with E-state index in [0.29, 0.717) is 0 Å². The lowest BCUT2D eigenvalue weighted by atomic mass is 9.65. The molecular weight excluding hydrogens is 288 g/mol. The minimum Gasteiger partial charge on any atom is -0.0620 e. The summed E-state index contributed by atoms with van der Waals surface area (Å²) in [5.41, 5.74) is 3.40. The molecule has 0 saturated heterocycles. The van der Waals surface area contributed by atoms with Gasteiger partial charge >= 0.3 is 0 Å². The molecule has 0 N–H and O–H groups in total. The monoisotopic (exact) mass is 324 g/mol. The number of rotatable bonds is 1. The Morgan fingerprint density at radius 2 is 1.38 bits per heavy atom. The van der Waals surface area contributed by atoms with Gasteiger partial charge in [-0.05, 0) is 77.7 Å². The Bertz CT molecular complexity index is 561. The molecule has 0 aromatic heterocycles. The summed E-state index contributed by atoms with van der Waals surface area (Å²) in [5.74, 6) is 5.90. The molecule has 0 bridgehead atoms. The Hall–Kier alpha value is -0.780. The van der Waals surface area contributed by atoms with E-state index >= 15 is 0 Å². The first-order chi connectivity index (χ1) is 11.5. The third-order valence-corrected chi connectivity index (χ3v) is 7.94. The van der Waals surface area contributed by atoms with Crippen LogP contribution in [0.1, 0.15) is 89.7 Å². The fraction of sp³-hybridized carbons (Fsp3) is 0.750. The SMILES string of the molecule is CC1C2CCCCC2C2C(c3ccc(C(C)(C)C)cc3)CCCC12. The van der Waals surface area contributed by atoms with Crippen molar-refractivity contribution in [1.82, 2.24) is 0 Å². The molecule has 0 aliphatic heterocycles. The first kappa shape index (κ1) is 16.7. The number of benzene rings is 1. The quantitative estimate of drug-likeness (QED) is 0.525. The van der Waals surface area contributed by atoms with Gasteiger partial charge in [0.2, 0.25) is 0 Å². The van der Waals surface area contributed by atoms with Gasteiger partial charge in [0.15, 0.2) is 0 Å². The normalized spacial score (nSPS) is 39.3. The van der Waals surface area contributed by atoms with Crippen LogP contribution in [-0.4, -0.2) is 0 Å². The minimum atomic E-state index is 0.268. The second kappa shape index (κ2) is 6.19. The van der Waals surface area contributed by atoms with Crippen LogP contribution in [0.2, 0.25) is 0 Å². The van der Waals surface area contributed by atoms with Gasteiger partial charge in [0, 0.05) is 0 Å². The molecule has 24 heavy (non-hydrogen) atoms. The number of fused-ring (bicyclic) bond motifs is 3. The van der Waals surface area contributed by atoms with Crippen LogP contribution >= 0.6 is 0 Å². The molecule has 4 rings (SSSR count). The van der Waals surface area contributed by atoms with Crippen LogP contribution in [-0.2, 0) is 5.41 Å². The molecule has 0 heteroatoms. The topological polar surface area (TPSA) is 0 Å². The standard InChI is InChI=1S/C24H36/c1-16-19-8-5-6-9-22(19)23-20(16)10-7-11-21(23)17-12-14-18(15-13-17)24(2,3)4/h12-16,19-23H,5-11H2,1-4H3. The highest BCUT2D eigenvalue weighted by molar-refractivity contribution is 5.31. The highest BCUT2D eigenvalue weighted by Crippen LogP contribution is 2.60. The average Bonchev–Trinajstić information content (AvgIpc) is 2.88. The highest BCUT2D eigenvalue weighted by Gasteiger charge is 2.52. The summed E-state index contributed by atoms with van der Waals surface area (Å²) in [6, 6.07) is 9.79. The van der Waals surface area contributed by atoms with Gasteiger partial charge in [-0.25, -0.2) is 0 Å². The van der Waals surface area contributed by atoms with Gasteiger partial charge in [-0.3, -0.25) is 0 Å². The van der Waals surface area contributed by atoms with E-state index in [0.717, 1.165) is 35.5 Å². The maximum atomic E-state index is 2.60. The molecule has 3 saturated carbocycles. The van der Waals surface area contributed by atoms with Crippen LogP contribution in [0.5, 0.6) is 0 Å². The molecule has 6 unspecified atom stereocenters. The molecular formula is C24H36. The lowest BCUT2D eigenvalue weighted by molar-refractivity contribution is 0.157. The Morgan fingerprint density at radius 1 is 0.750 bits per heavy atom. The van der Waals surface area contributed by atoms with Crippen LogP contribution in [0.3, 0.4) is 0 Å². The van der Waals surface area contributed by atoms with Crippen molar-refractivity contribution >= 4 is 0 Å². The van der Waals surface area contributed by atoms with Gasteiger partial charge in [0.1, 0.15) is 0 Å². The summed E-state index contributed by atoms with van der Waals surface area (Å²) >= 11 is 0. The van der Waals surface area contributed by atoms with Gasteiger partial charge in [0.05, 0.1) is 0 Å². The van der Waals surface area contributed by atoms with Crippen molar-refractivity contribution < 1.29 is 0 Å². The largest absolute Gasteiger partial charge is 0.0620 e. The molecule has 0 heterocycles. The third kappa shape index (κ3) is 2.74. The van der Waals surface area contributed by atoms with Gasteiger partial charge in [-0.15, -0.1) is 0 Å². The predicted octanol–water partition coefficient (Wildman–Crippen LogP) is 6.94. The number of hydrogen-bond donors (Lipinski definition) is 0. The molecule has 3 fully saturated rings. The van der Waals surface area contributed by atoms with Gasteiger partial charge in [-0.1, -0.05) is 71.2 Å². The molecule has 3 aliphatic carbocycles.